The van der Waals surface area contributed by atoms with Gasteiger partial charge in [0.15, 0.2) is 11.6 Å². The Morgan fingerprint density at radius 2 is 1.92 bits per heavy atom. The summed E-state index contributed by atoms with van der Waals surface area (Å²) in [6.45, 7) is 7.62. The SMILES string of the molecule is CC(C)c1cc(Nc2cncc(OC34CCN(CC3)CC4)n2)n[nH]1. The van der Waals surface area contributed by atoms with E-state index < -0.39 is 0 Å². The number of nitrogens with zero attached hydrogens (tertiary/aromatic N) is 4. The first-order valence-corrected chi connectivity index (χ1v) is 8.68. The van der Waals surface area contributed by atoms with E-state index >= 15 is 0 Å². The van der Waals surface area contributed by atoms with E-state index in [9.17, 15) is 0 Å². The molecular weight excluding hydrogens is 304 g/mol. The van der Waals surface area contributed by atoms with E-state index in [1.54, 1.807) is 12.4 Å². The molecule has 0 saturated carbocycles. The lowest BCUT2D eigenvalue weighted by molar-refractivity contribution is -0.0538. The van der Waals surface area contributed by atoms with Crippen LogP contribution < -0.4 is 10.1 Å². The second-order valence-electron chi connectivity index (χ2n) is 7.11. The van der Waals surface area contributed by atoms with Gasteiger partial charge in [-0.15, -0.1) is 0 Å². The molecule has 0 unspecified atom stereocenters. The molecular formula is C17H24N6O. The molecule has 3 aliphatic heterocycles. The molecule has 2 N–H and O–H groups in total. The molecule has 5 heterocycles. The summed E-state index contributed by atoms with van der Waals surface area (Å²) in [5.41, 5.74) is 1.03. The van der Waals surface area contributed by atoms with Gasteiger partial charge in [0, 0.05) is 31.4 Å². The molecule has 0 spiro atoms. The third kappa shape index (κ3) is 3.08. The van der Waals surface area contributed by atoms with Crippen LogP contribution in [0.2, 0.25) is 0 Å². The Balaban J connectivity index is 1.47. The molecule has 3 fully saturated rings. The number of H-pyrrole nitrogens is 1. The highest BCUT2D eigenvalue weighted by Crippen LogP contribution is 2.35. The summed E-state index contributed by atoms with van der Waals surface area (Å²) < 4.78 is 6.28. The summed E-state index contributed by atoms with van der Waals surface area (Å²) in [5.74, 6) is 2.40. The Bertz CT molecular complexity index is 691. The fourth-order valence-corrected chi connectivity index (χ4v) is 3.46. The van der Waals surface area contributed by atoms with Gasteiger partial charge in [0.1, 0.15) is 5.60 Å². The molecule has 24 heavy (non-hydrogen) atoms. The summed E-state index contributed by atoms with van der Waals surface area (Å²) in [6.07, 6.45) is 6.61. The van der Waals surface area contributed by atoms with Crippen molar-refractivity contribution in [3.05, 3.63) is 24.2 Å². The number of hydrogen-bond acceptors (Lipinski definition) is 6. The van der Waals surface area contributed by atoms with Crippen molar-refractivity contribution in [1.82, 2.24) is 25.1 Å². The van der Waals surface area contributed by atoms with E-state index in [0.29, 0.717) is 17.6 Å². The third-order valence-corrected chi connectivity index (χ3v) is 5.06. The third-order valence-electron chi connectivity index (χ3n) is 5.06. The van der Waals surface area contributed by atoms with E-state index in [2.05, 4.69) is 44.2 Å². The van der Waals surface area contributed by atoms with Crippen LogP contribution in [0, 0.1) is 0 Å². The van der Waals surface area contributed by atoms with Crippen LogP contribution in [0.25, 0.3) is 0 Å². The van der Waals surface area contributed by atoms with Gasteiger partial charge < -0.3 is 15.0 Å². The number of fused-ring (bicyclic) bond motifs is 3. The minimum Gasteiger partial charge on any atom is -0.470 e. The van der Waals surface area contributed by atoms with E-state index in [1.165, 1.54) is 0 Å². The van der Waals surface area contributed by atoms with Gasteiger partial charge in [-0.1, -0.05) is 13.8 Å². The molecule has 0 atom stereocenters. The van der Waals surface area contributed by atoms with Gasteiger partial charge in [-0.05, 0) is 25.2 Å². The quantitative estimate of drug-likeness (QED) is 0.878. The van der Waals surface area contributed by atoms with Crippen molar-refractivity contribution in [2.75, 3.05) is 25.0 Å². The molecule has 2 aromatic heterocycles. The average Bonchev–Trinajstić information content (AvgIpc) is 3.05. The van der Waals surface area contributed by atoms with Gasteiger partial charge in [0.25, 0.3) is 0 Å². The zero-order valence-electron chi connectivity index (χ0n) is 14.2. The number of nitrogens with one attached hydrogen (secondary N) is 2. The summed E-state index contributed by atoms with van der Waals surface area (Å²) in [5, 5.41) is 10.5. The van der Waals surface area contributed by atoms with Gasteiger partial charge in [-0.3, -0.25) is 10.1 Å². The molecule has 3 aliphatic rings. The molecule has 7 heteroatoms. The molecule has 0 aliphatic carbocycles. The lowest BCUT2D eigenvalue weighted by atomic mass is 9.83. The predicted molar refractivity (Wildman–Crippen MR) is 91.6 cm³/mol. The molecule has 128 valence electrons. The molecule has 7 nitrogen and oxygen atoms in total. The highest BCUT2D eigenvalue weighted by Gasteiger charge is 2.41. The molecule has 2 bridgehead atoms. The number of aromatic amines is 1. The second kappa shape index (κ2) is 6.05. The first-order valence-electron chi connectivity index (χ1n) is 8.68. The Morgan fingerprint density at radius 3 is 2.58 bits per heavy atom. The van der Waals surface area contributed by atoms with Gasteiger partial charge in [0.2, 0.25) is 5.88 Å². The maximum Gasteiger partial charge on any atom is 0.234 e. The lowest BCUT2D eigenvalue weighted by Crippen LogP contribution is -2.55. The number of hydrogen-bond donors (Lipinski definition) is 2. The van der Waals surface area contributed by atoms with Crippen LogP contribution in [-0.4, -0.2) is 50.3 Å². The maximum absolute atomic E-state index is 6.28. The Labute approximate surface area is 141 Å². The van der Waals surface area contributed by atoms with Crippen LogP contribution in [0.5, 0.6) is 5.88 Å². The standard InChI is InChI=1S/C17H24N6O/c1-12(2)13-9-14(22-21-13)19-15-10-18-11-16(20-15)24-17-3-6-23(7-4-17)8-5-17/h9-12H,3-8H2,1-2H3,(H2,19,20,21,22). The monoisotopic (exact) mass is 328 g/mol. The molecule has 0 aromatic carbocycles. The first-order chi connectivity index (χ1) is 11.6. The summed E-state index contributed by atoms with van der Waals surface area (Å²) in [6, 6.07) is 2.00. The van der Waals surface area contributed by atoms with Gasteiger partial charge in [0.05, 0.1) is 12.4 Å². The lowest BCUT2D eigenvalue weighted by Gasteiger charge is -2.47. The summed E-state index contributed by atoms with van der Waals surface area (Å²) in [7, 11) is 0. The van der Waals surface area contributed by atoms with Crippen LogP contribution in [0.3, 0.4) is 0 Å². The Hall–Kier alpha value is -2.15. The van der Waals surface area contributed by atoms with Gasteiger partial charge in [-0.2, -0.15) is 10.1 Å². The minimum atomic E-state index is -0.0563. The van der Waals surface area contributed by atoms with E-state index in [0.717, 1.165) is 50.4 Å². The van der Waals surface area contributed by atoms with Crippen LogP contribution in [0.1, 0.15) is 44.7 Å². The van der Waals surface area contributed by atoms with E-state index in [1.807, 2.05) is 6.07 Å². The zero-order chi connectivity index (χ0) is 16.6. The fraction of sp³-hybridized carbons (Fsp3) is 0.588. The summed E-state index contributed by atoms with van der Waals surface area (Å²) in [4.78, 5) is 11.3. The number of anilines is 2. The predicted octanol–water partition coefficient (Wildman–Crippen LogP) is 2.68. The molecule has 3 saturated heterocycles. The topological polar surface area (TPSA) is 79.0 Å². The summed E-state index contributed by atoms with van der Waals surface area (Å²) >= 11 is 0. The smallest absolute Gasteiger partial charge is 0.234 e. The van der Waals surface area contributed by atoms with E-state index in [4.69, 9.17) is 4.74 Å². The fourth-order valence-electron chi connectivity index (χ4n) is 3.46. The molecule has 0 radical (unpaired) electrons. The number of aromatic nitrogens is 4. The number of rotatable bonds is 5. The zero-order valence-corrected chi connectivity index (χ0v) is 14.2. The highest BCUT2D eigenvalue weighted by atomic mass is 16.5. The first kappa shape index (κ1) is 15.4. The van der Waals surface area contributed by atoms with Crippen LogP contribution in [-0.2, 0) is 0 Å². The van der Waals surface area contributed by atoms with Crippen molar-refractivity contribution in [1.29, 1.82) is 0 Å². The second-order valence-corrected chi connectivity index (χ2v) is 7.11. The van der Waals surface area contributed by atoms with Crippen molar-refractivity contribution in [3.8, 4) is 5.88 Å². The highest BCUT2D eigenvalue weighted by molar-refractivity contribution is 5.51. The largest absolute Gasteiger partial charge is 0.470 e. The van der Waals surface area contributed by atoms with Crippen LogP contribution in [0.15, 0.2) is 18.5 Å². The number of piperidine rings is 3. The van der Waals surface area contributed by atoms with Crippen molar-refractivity contribution >= 4 is 11.6 Å². The van der Waals surface area contributed by atoms with Crippen molar-refractivity contribution < 1.29 is 4.74 Å². The van der Waals surface area contributed by atoms with Crippen LogP contribution >= 0.6 is 0 Å². The average molecular weight is 328 g/mol. The van der Waals surface area contributed by atoms with E-state index in [-0.39, 0.29) is 5.60 Å². The molecule has 5 rings (SSSR count). The molecule has 2 aromatic rings. The van der Waals surface area contributed by atoms with Gasteiger partial charge >= 0.3 is 0 Å². The maximum atomic E-state index is 6.28. The van der Waals surface area contributed by atoms with Crippen LogP contribution in [0.4, 0.5) is 11.6 Å². The Morgan fingerprint density at radius 1 is 1.17 bits per heavy atom. The van der Waals surface area contributed by atoms with Crippen molar-refractivity contribution in [2.45, 2.75) is 44.6 Å². The van der Waals surface area contributed by atoms with Gasteiger partial charge in [-0.25, -0.2) is 0 Å². The Kier molecular flexibility index (Phi) is 3.88. The van der Waals surface area contributed by atoms with Crippen molar-refractivity contribution in [2.24, 2.45) is 0 Å². The molecule has 0 amide bonds. The minimum absolute atomic E-state index is 0.0563. The number of ether oxygens (including phenoxy) is 1. The van der Waals surface area contributed by atoms with Crippen molar-refractivity contribution in [3.63, 3.8) is 0 Å². The normalized spacial score (nSPS) is 25.9.